The summed E-state index contributed by atoms with van der Waals surface area (Å²) in [5.74, 6) is -0.816. The molecule has 1 aromatic rings. The fourth-order valence-corrected chi connectivity index (χ4v) is 2.89. The van der Waals surface area contributed by atoms with Crippen LogP contribution in [0, 0.1) is 0 Å². The first-order valence-corrected chi connectivity index (χ1v) is 7.37. The predicted octanol–water partition coefficient (Wildman–Crippen LogP) is 2.49. The Bertz CT molecular complexity index is 415. The zero-order valence-corrected chi connectivity index (χ0v) is 11.7. The number of carbonyl (C=O) groups is 1. The topological polar surface area (TPSA) is 69.6 Å². The zero-order chi connectivity index (χ0) is 14.4. The molecule has 0 radical (unpaired) electrons. The standard InChI is InChI=1S/C16H23NO3/c18-15(19)11-10-14(17-13-8-4-5-9-13)16(20)12-6-2-1-3-7-12/h1-3,6-7,13-14,16-17,20H,4-5,8-11H2,(H,18,19). The lowest BCUT2D eigenvalue weighted by Crippen LogP contribution is -2.41. The van der Waals surface area contributed by atoms with Crippen molar-refractivity contribution in [3.05, 3.63) is 35.9 Å². The summed E-state index contributed by atoms with van der Waals surface area (Å²) in [6.07, 6.45) is 4.53. The molecule has 3 N–H and O–H groups in total. The molecule has 20 heavy (non-hydrogen) atoms. The van der Waals surface area contributed by atoms with Gasteiger partial charge in [0.25, 0.3) is 0 Å². The van der Waals surface area contributed by atoms with Gasteiger partial charge in [0.15, 0.2) is 0 Å². The van der Waals surface area contributed by atoms with Crippen molar-refractivity contribution < 1.29 is 15.0 Å². The number of rotatable bonds is 7. The molecule has 2 unspecified atom stereocenters. The van der Waals surface area contributed by atoms with E-state index in [0.29, 0.717) is 12.5 Å². The van der Waals surface area contributed by atoms with Crippen molar-refractivity contribution in [2.24, 2.45) is 0 Å². The lowest BCUT2D eigenvalue weighted by molar-refractivity contribution is -0.137. The average Bonchev–Trinajstić information content (AvgIpc) is 2.96. The molecule has 1 aliphatic rings. The Kier molecular flexibility index (Phi) is 5.56. The van der Waals surface area contributed by atoms with E-state index >= 15 is 0 Å². The van der Waals surface area contributed by atoms with Gasteiger partial charge in [0.1, 0.15) is 0 Å². The Hall–Kier alpha value is -1.39. The Morgan fingerprint density at radius 3 is 2.50 bits per heavy atom. The van der Waals surface area contributed by atoms with E-state index in [1.54, 1.807) is 0 Å². The maximum absolute atomic E-state index is 10.8. The van der Waals surface area contributed by atoms with Crippen LogP contribution in [0.25, 0.3) is 0 Å². The van der Waals surface area contributed by atoms with Gasteiger partial charge in [0, 0.05) is 18.5 Å². The molecule has 1 aliphatic carbocycles. The minimum absolute atomic E-state index is 0.0777. The Morgan fingerprint density at radius 1 is 1.25 bits per heavy atom. The Morgan fingerprint density at radius 2 is 1.90 bits per heavy atom. The highest BCUT2D eigenvalue weighted by atomic mass is 16.4. The van der Waals surface area contributed by atoms with Gasteiger partial charge >= 0.3 is 5.97 Å². The van der Waals surface area contributed by atoms with Crippen molar-refractivity contribution in [1.29, 1.82) is 0 Å². The van der Waals surface area contributed by atoms with Gasteiger partial charge in [-0.05, 0) is 24.8 Å². The van der Waals surface area contributed by atoms with Gasteiger partial charge in [-0.1, -0.05) is 43.2 Å². The summed E-state index contributed by atoms with van der Waals surface area (Å²) in [7, 11) is 0. The van der Waals surface area contributed by atoms with Gasteiger partial charge < -0.3 is 15.5 Å². The number of hydrogen-bond donors (Lipinski definition) is 3. The molecule has 0 aromatic heterocycles. The number of aliphatic carboxylic acids is 1. The van der Waals surface area contributed by atoms with Crippen molar-refractivity contribution in [2.45, 2.75) is 56.7 Å². The third-order valence-corrected chi connectivity index (χ3v) is 4.00. The number of benzene rings is 1. The molecule has 1 aromatic carbocycles. The first-order chi connectivity index (χ1) is 9.66. The molecular weight excluding hydrogens is 254 g/mol. The molecule has 4 nitrogen and oxygen atoms in total. The van der Waals surface area contributed by atoms with Gasteiger partial charge in [-0.15, -0.1) is 0 Å². The molecule has 1 fully saturated rings. The number of carboxylic acid groups (broad SMARTS) is 1. The second-order valence-electron chi connectivity index (χ2n) is 5.54. The van der Waals surface area contributed by atoms with Crippen LogP contribution < -0.4 is 5.32 Å². The summed E-state index contributed by atoms with van der Waals surface area (Å²) in [5.41, 5.74) is 0.841. The molecule has 2 atom stereocenters. The molecule has 0 aliphatic heterocycles. The van der Waals surface area contributed by atoms with Crippen LogP contribution in [0.2, 0.25) is 0 Å². The molecular formula is C16H23NO3. The molecule has 0 amide bonds. The first kappa shape index (κ1) is 15.0. The van der Waals surface area contributed by atoms with Gasteiger partial charge in [-0.2, -0.15) is 0 Å². The second kappa shape index (κ2) is 7.41. The van der Waals surface area contributed by atoms with Crippen LogP contribution in [0.3, 0.4) is 0 Å². The van der Waals surface area contributed by atoms with Gasteiger partial charge in [-0.25, -0.2) is 0 Å². The van der Waals surface area contributed by atoms with Gasteiger partial charge in [0.2, 0.25) is 0 Å². The quantitative estimate of drug-likeness (QED) is 0.716. The molecule has 4 heteroatoms. The number of aliphatic hydroxyl groups excluding tert-OH is 1. The number of carboxylic acids is 1. The van der Waals surface area contributed by atoms with Crippen LogP contribution in [-0.4, -0.2) is 28.3 Å². The summed E-state index contributed by atoms with van der Waals surface area (Å²) in [4.78, 5) is 10.8. The van der Waals surface area contributed by atoms with Crippen LogP contribution in [0.5, 0.6) is 0 Å². The van der Waals surface area contributed by atoms with E-state index in [1.165, 1.54) is 12.8 Å². The van der Waals surface area contributed by atoms with E-state index in [0.717, 1.165) is 18.4 Å². The zero-order valence-electron chi connectivity index (χ0n) is 11.7. The summed E-state index contributed by atoms with van der Waals surface area (Å²) in [6, 6.07) is 9.67. The second-order valence-corrected chi connectivity index (χ2v) is 5.54. The van der Waals surface area contributed by atoms with E-state index in [-0.39, 0.29) is 12.5 Å². The predicted molar refractivity (Wildman–Crippen MR) is 77.5 cm³/mol. The average molecular weight is 277 g/mol. The minimum Gasteiger partial charge on any atom is -0.481 e. The maximum atomic E-state index is 10.8. The highest BCUT2D eigenvalue weighted by Gasteiger charge is 2.25. The molecule has 110 valence electrons. The lowest BCUT2D eigenvalue weighted by Gasteiger charge is -2.27. The van der Waals surface area contributed by atoms with Crippen molar-refractivity contribution in [3.63, 3.8) is 0 Å². The summed E-state index contributed by atoms with van der Waals surface area (Å²) < 4.78 is 0. The maximum Gasteiger partial charge on any atom is 0.303 e. The molecule has 0 bridgehead atoms. The smallest absolute Gasteiger partial charge is 0.303 e. The fraction of sp³-hybridized carbons (Fsp3) is 0.562. The molecule has 0 spiro atoms. The third-order valence-electron chi connectivity index (χ3n) is 4.00. The number of hydrogen-bond acceptors (Lipinski definition) is 3. The van der Waals surface area contributed by atoms with Gasteiger partial charge in [-0.3, -0.25) is 4.79 Å². The Labute approximate surface area is 119 Å². The van der Waals surface area contributed by atoms with E-state index in [2.05, 4.69) is 5.32 Å². The largest absolute Gasteiger partial charge is 0.481 e. The molecule has 1 saturated carbocycles. The van der Waals surface area contributed by atoms with Crippen LogP contribution in [0.4, 0.5) is 0 Å². The first-order valence-electron chi connectivity index (χ1n) is 7.37. The SMILES string of the molecule is O=C(O)CCC(NC1CCCC1)C(O)c1ccccc1. The fourth-order valence-electron chi connectivity index (χ4n) is 2.89. The lowest BCUT2D eigenvalue weighted by atomic mass is 9.97. The summed E-state index contributed by atoms with van der Waals surface area (Å²) in [5, 5.41) is 22.8. The van der Waals surface area contributed by atoms with E-state index in [4.69, 9.17) is 5.11 Å². The molecule has 0 heterocycles. The third kappa shape index (κ3) is 4.32. The Balaban J connectivity index is 2.01. The van der Waals surface area contributed by atoms with Crippen molar-refractivity contribution in [1.82, 2.24) is 5.32 Å². The highest BCUT2D eigenvalue weighted by Crippen LogP contribution is 2.24. The van der Waals surface area contributed by atoms with E-state index < -0.39 is 12.1 Å². The number of nitrogens with one attached hydrogen (secondary N) is 1. The van der Waals surface area contributed by atoms with Crippen LogP contribution >= 0.6 is 0 Å². The van der Waals surface area contributed by atoms with E-state index in [1.807, 2.05) is 30.3 Å². The van der Waals surface area contributed by atoms with Crippen molar-refractivity contribution in [2.75, 3.05) is 0 Å². The van der Waals surface area contributed by atoms with E-state index in [9.17, 15) is 9.90 Å². The highest BCUT2D eigenvalue weighted by molar-refractivity contribution is 5.66. The van der Waals surface area contributed by atoms with Gasteiger partial charge in [0.05, 0.1) is 6.10 Å². The summed E-state index contributed by atoms with van der Waals surface area (Å²) >= 11 is 0. The monoisotopic (exact) mass is 277 g/mol. The van der Waals surface area contributed by atoms with Crippen LogP contribution in [0.15, 0.2) is 30.3 Å². The van der Waals surface area contributed by atoms with Crippen molar-refractivity contribution in [3.8, 4) is 0 Å². The summed E-state index contributed by atoms with van der Waals surface area (Å²) in [6.45, 7) is 0. The normalized spacial score (nSPS) is 18.9. The molecule has 0 saturated heterocycles. The number of aliphatic hydroxyl groups is 1. The molecule has 2 rings (SSSR count). The van der Waals surface area contributed by atoms with Crippen LogP contribution in [0.1, 0.15) is 50.2 Å². The van der Waals surface area contributed by atoms with Crippen LogP contribution in [-0.2, 0) is 4.79 Å². The minimum atomic E-state index is -0.816. The van der Waals surface area contributed by atoms with Crippen molar-refractivity contribution >= 4 is 5.97 Å².